The van der Waals surface area contributed by atoms with E-state index < -0.39 is 28.7 Å². The third-order valence-corrected chi connectivity index (χ3v) is 3.80. The Bertz CT molecular complexity index is 905. The van der Waals surface area contributed by atoms with Gasteiger partial charge in [0.05, 0.1) is 17.1 Å². The first-order valence-corrected chi connectivity index (χ1v) is 8.60. The molecule has 0 aliphatic carbocycles. The topological polar surface area (TPSA) is 120 Å². The molecule has 0 spiro atoms. The molecule has 154 valence electrons. The predicted octanol–water partition coefficient (Wildman–Crippen LogP) is 2.98. The van der Waals surface area contributed by atoms with Gasteiger partial charge in [0.1, 0.15) is 11.5 Å². The molecule has 29 heavy (non-hydrogen) atoms. The Labute approximate surface area is 166 Å². The van der Waals surface area contributed by atoms with E-state index in [1.165, 1.54) is 44.4 Å². The van der Waals surface area contributed by atoms with Gasteiger partial charge in [-0.1, -0.05) is 6.07 Å². The molecule has 10 heteroatoms. The van der Waals surface area contributed by atoms with Gasteiger partial charge in [-0.15, -0.1) is 0 Å². The predicted molar refractivity (Wildman–Crippen MR) is 103 cm³/mol. The lowest BCUT2D eigenvalue weighted by Crippen LogP contribution is -2.30. The number of amides is 1. The van der Waals surface area contributed by atoms with Gasteiger partial charge in [-0.3, -0.25) is 14.9 Å². The number of halogens is 1. The van der Waals surface area contributed by atoms with Crippen molar-refractivity contribution in [1.29, 1.82) is 0 Å². The van der Waals surface area contributed by atoms with Crippen LogP contribution in [0.1, 0.15) is 17.3 Å². The average Bonchev–Trinajstić information content (AvgIpc) is 2.68. The highest BCUT2D eigenvalue weighted by atomic mass is 19.1. The molecular weight excluding hydrogens is 385 g/mol. The van der Waals surface area contributed by atoms with Crippen molar-refractivity contribution in [3.63, 3.8) is 0 Å². The highest BCUT2D eigenvalue weighted by molar-refractivity contribution is 5.97. The van der Waals surface area contributed by atoms with Crippen molar-refractivity contribution in [1.82, 2.24) is 0 Å². The molecule has 0 aliphatic heterocycles. The number of nitro groups is 1. The summed E-state index contributed by atoms with van der Waals surface area (Å²) in [6, 6.07) is 9.03. The van der Waals surface area contributed by atoms with Gasteiger partial charge in [0.25, 0.3) is 11.6 Å². The molecule has 1 atom stereocenters. The molecule has 0 aromatic heterocycles. The number of anilines is 2. The minimum Gasteiger partial charge on any atom is -0.449 e. The van der Waals surface area contributed by atoms with Crippen LogP contribution in [0.5, 0.6) is 0 Å². The second-order valence-corrected chi connectivity index (χ2v) is 5.96. The fourth-order valence-electron chi connectivity index (χ4n) is 2.34. The molecule has 0 saturated heterocycles. The minimum atomic E-state index is -1.20. The minimum absolute atomic E-state index is 0.0839. The third-order valence-electron chi connectivity index (χ3n) is 3.80. The first-order chi connectivity index (χ1) is 13.8. The Morgan fingerprint density at radius 1 is 1.24 bits per heavy atom. The van der Waals surface area contributed by atoms with E-state index in [-0.39, 0.29) is 22.6 Å². The summed E-state index contributed by atoms with van der Waals surface area (Å²) in [5.74, 6) is -2.10. The van der Waals surface area contributed by atoms with E-state index in [0.29, 0.717) is 13.2 Å². The van der Waals surface area contributed by atoms with Gasteiger partial charge in [-0.05, 0) is 37.3 Å². The number of nitrogens with one attached hydrogen (secondary N) is 2. The van der Waals surface area contributed by atoms with Crippen molar-refractivity contribution >= 4 is 28.9 Å². The normalized spacial score (nSPS) is 11.4. The summed E-state index contributed by atoms with van der Waals surface area (Å²) in [7, 11) is 1.50. The molecule has 9 nitrogen and oxygen atoms in total. The van der Waals surface area contributed by atoms with Crippen LogP contribution >= 0.6 is 0 Å². The number of esters is 1. The first kappa shape index (κ1) is 21.8. The second-order valence-electron chi connectivity index (χ2n) is 5.96. The highest BCUT2D eigenvalue weighted by Gasteiger charge is 2.22. The molecule has 0 aliphatic rings. The Hall–Kier alpha value is -3.53. The summed E-state index contributed by atoms with van der Waals surface area (Å²) >= 11 is 0. The van der Waals surface area contributed by atoms with Gasteiger partial charge in [0, 0.05) is 25.4 Å². The van der Waals surface area contributed by atoms with E-state index in [1.54, 1.807) is 0 Å². The van der Waals surface area contributed by atoms with Crippen molar-refractivity contribution in [2.24, 2.45) is 0 Å². The van der Waals surface area contributed by atoms with E-state index in [2.05, 4.69) is 10.6 Å². The Morgan fingerprint density at radius 2 is 2.00 bits per heavy atom. The third kappa shape index (κ3) is 6.25. The van der Waals surface area contributed by atoms with Crippen LogP contribution in [0.3, 0.4) is 0 Å². The van der Waals surface area contributed by atoms with Crippen molar-refractivity contribution in [2.75, 3.05) is 30.9 Å². The zero-order valence-corrected chi connectivity index (χ0v) is 15.8. The highest BCUT2D eigenvalue weighted by Crippen LogP contribution is 2.26. The zero-order valence-electron chi connectivity index (χ0n) is 15.8. The van der Waals surface area contributed by atoms with E-state index in [4.69, 9.17) is 9.47 Å². The van der Waals surface area contributed by atoms with Crippen molar-refractivity contribution in [2.45, 2.75) is 13.0 Å². The van der Waals surface area contributed by atoms with E-state index in [9.17, 15) is 24.1 Å². The van der Waals surface area contributed by atoms with Gasteiger partial charge >= 0.3 is 5.97 Å². The number of hydrogen-bond acceptors (Lipinski definition) is 7. The maximum Gasteiger partial charge on any atom is 0.339 e. The molecule has 0 heterocycles. The van der Waals surface area contributed by atoms with Gasteiger partial charge in [-0.2, -0.15) is 0 Å². The molecule has 1 amide bonds. The molecule has 0 unspecified atom stereocenters. The lowest BCUT2D eigenvalue weighted by Gasteiger charge is -2.14. The lowest BCUT2D eigenvalue weighted by atomic mass is 10.1. The number of hydrogen-bond donors (Lipinski definition) is 2. The first-order valence-electron chi connectivity index (χ1n) is 8.60. The van der Waals surface area contributed by atoms with Crippen LogP contribution in [0.4, 0.5) is 21.5 Å². The van der Waals surface area contributed by atoms with E-state index in [0.717, 1.165) is 12.1 Å². The summed E-state index contributed by atoms with van der Waals surface area (Å²) in [5.41, 5.74) is 0.0346. The summed E-state index contributed by atoms with van der Waals surface area (Å²) in [6.07, 6.45) is -1.20. The fraction of sp³-hybridized carbons (Fsp3) is 0.263. The molecule has 2 aromatic carbocycles. The van der Waals surface area contributed by atoms with E-state index >= 15 is 0 Å². The van der Waals surface area contributed by atoms with Gasteiger partial charge < -0.3 is 20.1 Å². The summed E-state index contributed by atoms with van der Waals surface area (Å²) in [4.78, 5) is 35.1. The maximum absolute atomic E-state index is 13.2. The van der Waals surface area contributed by atoms with E-state index in [1.807, 2.05) is 0 Å². The summed E-state index contributed by atoms with van der Waals surface area (Å²) in [5, 5.41) is 16.5. The Balaban J connectivity index is 2.05. The second kappa shape index (κ2) is 10.1. The van der Waals surface area contributed by atoms with Crippen molar-refractivity contribution in [3.8, 4) is 0 Å². The number of ether oxygens (including phenoxy) is 2. The number of carbonyl (C=O) groups excluding carboxylic acids is 2. The molecule has 0 radical (unpaired) electrons. The lowest BCUT2D eigenvalue weighted by molar-refractivity contribution is -0.384. The molecule has 0 saturated carbocycles. The van der Waals surface area contributed by atoms with Gasteiger partial charge in [0.15, 0.2) is 6.10 Å². The maximum atomic E-state index is 13.2. The number of benzene rings is 2. The van der Waals surface area contributed by atoms with Crippen LogP contribution in [-0.2, 0) is 14.3 Å². The quantitative estimate of drug-likeness (QED) is 0.285. The molecule has 2 aromatic rings. The van der Waals surface area contributed by atoms with Gasteiger partial charge in [0.2, 0.25) is 0 Å². The molecule has 0 bridgehead atoms. The van der Waals surface area contributed by atoms with Crippen LogP contribution in [0.25, 0.3) is 0 Å². The standard InChI is InChI=1S/C19H20FN3O6/c1-12(18(24)22-15-5-3-4-14(20)11-15)29-19(25)13-6-7-16(21-8-9-28-2)17(10-13)23(26)27/h3-7,10-12,21H,8-9H2,1-2H3,(H,22,24)/t12-/m0/s1. The van der Waals surface area contributed by atoms with Gasteiger partial charge in [-0.25, -0.2) is 9.18 Å². The van der Waals surface area contributed by atoms with Crippen molar-refractivity contribution in [3.05, 3.63) is 64.0 Å². The Morgan fingerprint density at radius 3 is 2.66 bits per heavy atom. The number of carbonyl (C=O) groups is 2. The van der Waals surface area contributed by atoms with Crippen LogP contribution in [0, 0.1) is 15.9 Å². The molecular formula is C19H20FN3O6. The Kier molecular flexibility index (Phi) is 7.61. The number of rotatable bonds is 9. The molecule has 2 N–H and O–H groups in total. The fourth-order valence-corrected chi connectivity index (χ4v) is 2.34. The summed E-state index contributed by atoms with van der Waals surface area (Å²) in [6.45, 7) is 2.03. The van der Waals surface area contributed by atoms with Crippen LogP contribution in [-0.4, -0.2) is 43.2 Å². The molecule has 2 rings (SSSR count). The zero-order chi connectivity index (χ0) is 21.4. The largest absolute Gasteiger partial charge is 0.449 e. The number of methoxy groups -OCH3 is 1. The number of nitro benzene ring substituents is 1. The summed E-state index contributed by atoms with van der Waals surface area (Å²) < 4.78 is 23.1. The molecule has 0 fully saturated rings. The monoisotopic (exact) mass is 405 g/mol. The SMILES string of the molecule is COCCNc1ccc(C(=O)O[C@@H](C)C(=O)Nc2cccc(F)c2)cc1[N+](=O)[O-]. The number of nitrogens with zero attached hydrogens (tertiary/aromatic N) is 1. The van der Waals surface area contributed by atoms with Crippen LogP contribution in [0.15, 0.2) is 42.5 Å². The smallest absolute Gasteiger partial charge is 0.339 e. The van der Waals surface area contributed by atoms with Crippen LogP contribution < -0.4 is 10.6 Å². The average molecular weight is 405 g/mol. The van der Waals surface area contributed by atoms with Crippen molar-refractivity contribution < 1.29 is 28.4 Å². The van der Waals surface area contributed by atoms with Crippen LogP contribution in [0.2, 0.25) is 0 Å².